The molecular weight excluding hydrogens is 542 g/mol. The molecule has 0 saturated heterocycles. The monoisotopic (exact) mass is 573 g/mol. The van der Waals surface area contributed by atoms with Crippen LogP contribution in [-0.4, -0.2) is 30.2 Å². The van der Waals surface area contributed by atoms with Crippen molar-refractivity contribution in [1.82, 2.24) is 9.97 Å². The van der Waals surface area contributed by atoms with Gasteiger partial charge in [-0.1, -0.05) is 42.5 Å². The summed E-state index contributed by atoms with van der Waals surface area (Å²) in [5.74, 6) is 4.26. The number of urea groups is 1. The van der Waals surface area contributed by atoms with Crippen LogP contribution < -0.4 is 29.3 Å². The first-order chi connectivity index (χ1) is 21.1. The minimum atomic E-state index is -0.259. The van der Waals surface area contributed by atoms with Crippen molar-refractivity contribution in [2.24, 2.45) is 0 Å². The van der Waals surface area contributed by atoms with Crippen molar-refractivity contribution in [3.05, 3.63) is 126 Å². The Labute approximate surface area is 250 Å². The Bertz CT molecular complexity index is 1630. The summed E-state index contributed by atoms with van der Waals surface area (Å²) >= 11 is 0. The highest BCUT2D eigenvalue weighted by Gasteiger charge is 2.29. The SMILES string of the molecule is COc1ccc(CN(Cc2ccc(OC)cc2)c2ncnc3c2CN(c2ccc(Oc4ccccc4)cc2)C(=O)N3)cc1. The van der Waals surface area contributed by atoms with Gasteiger partial charge in [-0.3, -0.25) is 10.2 Å². The highest BCUT2D eigenvalue weighted by molar-refractivity contribution is 6.04. The van der Waals surface area contributed by atoms with Gasteiger partial charge >= 0.3 is 6.03 Å². The third-order valence-corrected chi connectivity index (χ3v) is 7.20. The van der Waals surface area contributed by atoms with Gasteiger partial charge in [-0.15, -0.1) is 0 Å². The molecule has 43 heavy (non-hydrogen) atoms. The van der Waals surface area contributed by atoms with E-state index >= 15 is 0 Å². The summed E-state index contributed by atoms with van der Waals surface area (Å²) in [6.07, 6.45) is 1.49. The molecule has 0 bridgehead atoms. The summed E-state index contributed by atoms with van der Waals surface area (Å²) in [5.41, 5.74) is 3.74. The number of methoxy groups -OCH3 is 2. The Morgan fingerprint density at radius 3 is 1.86 bits per heavy atom. The number of hydrogen-bond donors (Lipinski definition) is 1. The largest absolute Gasteiger partial charge is 0.497 e. The van der Waals surface area contributed by atoms with Crippen LogP contribution in [0.4, 0.5) is 22.1 Å². The molecule has 0 radical (unpaired) electrons. The zero-order chi connectivity index (χ0) is 29.6. The molecule has 4 aromatic carbocycles. The Hall–Kier alpha value is -5.57. The molecule has 1 aromatic heterocycles. The quantitative estimate of drug-likeness (QED) is 0.192. The van der Waals surface area contributed by atoms with Crippen molar-refractivity contribution in [3.63, 3.8) is 0 Å². The second kappa shape index (κ2) is 12.5. The fourth-order valence-corrected chi connectivity index (χ4v) is 4.96. The molecule has 9 heteroatoms. The molecule has 0 unspecified atom stereocenters. The summed E-state index contributed by atoms with van der Waals surface area (Å²) in [7, 11) is 3.31. The second-order valence-electron chi connectivity index (χ2n) is 10.0. The van der Waals surface area contributed by atoms with E-state index in [9.17, 15) is 4.79 Å². The highest BCUT2D eigenvalue weighted by Crippen LogP contribution is 2.34. The fourth-order valence-electron chi connectivity index (χ4n) is 4.96. The van der Waals surface area contributed by atoms with E-state index in [4.69, 9.17) is 19.2 Å². The van der Waals surface area contributed by atoms with Gasteiger partial charge in [0.05, 0.1) is 26.3 Å². The van der Waals surface area contributed by atoms with Crippen LogP contribution in [0.3, 0.4) is 0 Å². The van der Waals surface area contributed by atoms with Crippen molar-refractivity contribution in [2.45, 2.75) is 19.6 Å². The minimum absolute atomic E-state index is 0.259. The molecule has 0 spiro atoms. The molecule has 0 aliphatic carbocycles. The van der Waals surface area contributed by atoms with Gasteiger partial charge in [0.15, 0.2) is 0 Å². The molecule has 2 amide bonds. The third-order valence-electron chi connectivity index (χ3n) is 7.20. The number of aromatic nitrogens is 2. The number of hydrogen-bond acceptors (Lipinski definition) is 7. The zero-order valence-electron chi connectivity index (χ0n) is 23.9. The first-order valence-corrected chi connectivity index (χ1v) is 13.9. The smallest absolute Gasteiger partial charge is 0.327 e. The molecule has 0 atom stereocenters. The van der Waals surface area contributed by atoms with Crippen LogP contribution in [0.2, 0.25) is 0 Å². The predicted octanol–water partition coefficient (Wildman–Crippen LogP) is 7.05. The van der Waals surface area contributed by atoms with Crippen LogP contribution in [0.15, 0.2) is 109 Å². The molecule has 1 aliphatic rings. The predicted molar refractivity (Wildman–Crippen MR) is 166 cm³/mol. The second-order valence-corrected chi connectivity index (χ2v) is 10.0. The zero-order valence-corrected chi connectivity index (χ0v) is 23.9. The van der Waals surface area contributed by atoms with Gasteiger partial charge < -0.3 is 19.1 Å². The number of amides is 2. The molecule has 1 aliphatic heterocycles. The van der Waals surface area contributed by atoms with Gasteiger partial charge in [-0.25, -0.2) is 14.8 Å². The minimum Gasteiger partial charge on any atom is -0.497 e. The summed E-state index contributed by atoms with van der Waals surface area (Å²) in [6, 6.07) is 32.7. The number of ether oxygens (including phenoxy) is 3. The maximum absolute atomic E-state index is 13.2. The summed E-state index contributed by atoms with van der Waals surface area (Å²) < 4.78 is 16.6. The lowest BCUT2D eigenvalue weighted by Crippen LogP contribution is -2.40. The maximum Gasteiger partial charge on any atom is 0.327 e. The molecule has 2 heterocycles. The van der Waals surface area contributed by atoms with E-state index in [1.165, 1.54) is 6.33 Å². The van der Waals surface area contributed by atoms with Crippen LogP contribution in [0.1, 0.15) is 16.7 Å². The lowest BCUT2D eigenvalue weighted by atomic mass is 10.1. The standard InChI is InChI=1S/C34H31N5O4/c1-41-27-14-8-24(9-15-27)20-38(21-25-10-16-28(42-2)17-11-25)33-31-22-39(34(40)37-32(31)35-23-36-33)26-12-18-30(19-13-26)43-29-6-4-3-5-7-29/h3-19,23H,20-22H2,1-2H3,(H,35,36,37,40). The molecule has 9 nitrogen and oxygen atoms in total. The van der Waals surface area contributed by atoms with Gasteiger partial charge in [0.2, 0.25) is 0 Å². The van der Waals surface area contributed by atoms with E-state index in [0.717, 1.165) is 45.4 Å². The number of fused-ring (bicyclic) bond motifs is 1. The molecule has 1 N–H and O–H groups in total. The summed E-state index contributed by atoms with van der Waals surface area (Å²) in [4.78, 5) is 26.2. The molecule has 0 saturated carbocycles. The summed E-state index contributed by atoms with van der Waals surface area (Å²) in [5, 5.41) is 2.96. The maximum atomic E-state index is 13.2. The van der Waals surface area contributed by atoms with Crippen molar-refractivity contribution in [2.75, 3.05) is 29.3 Å². The molecule has 6 rings (SSSR count). The van der Waals surface area contributed by atoms with Gasteiger partial charge in [0.1, 0.15) is 41.0 Å². The topological polar surface area (TPSA) is 89.1 Å². The van der Waals surface area contributed by atoms with Crippen LogP contribution >= 0.6 is 0 Å². The van der Waals surface area contributed by atoms with Crippen LogP contribution in [0.25, 0.3) is 0 Å². The first-order valence-electron chi connectivity index (χ1n) is 13.9. The average molecular weight is 574 g/mol. The van der Waals surface area contributed by atoms with Crippen LogP contribution in [0.5, 0.6) is 23.0 Å². The molecular formula is C34H31N5O4. The Morgan fingerprint density at radius 2 is 1.28 bits per heavy atom. The van der Waals surface area contributed by atoms with Gasteiger partial charge in [-0.05, 0) is 71.8 Å². The van der Waals surface area contributed by atoms with Crippen molar-refractivity contribution in [1.29, 1.82) is 0 Å². The Morgan fingerprint density at radius 1 is 0.721 bits per heavy atom. The lowest BCUT2D eigenvalue weighted by Gasteiger charge is -2.33. The Kier molecular flexibility index (Phi) is 8.04. The van der Waals surface area contributed by atoms with E-state index in [2.05, 4.69) is 15.2 Å². The van der Waals surface area contributed by atoms with Crippen LogP contribution in [-0.2, 0) is 19.6 Å². The van der Waals surface area contributed by atoms with Crippen molar-refractivity contribution < 1.29 is 19.0 Å². The first kappa shape index (κ1) is 27.6. The number of nitrogens with one attached hydrogen (secondary N) is 1. The number of carbonyl (C=O) groups excluding carboxylic acids is 1. The normalized spacial score (nSPS) is 12.2. The number of benzene rings is 4. The average Bonchev–Trinajstić information content (AvgIpc) is 3.05. The fraction of sp³-hybridized carbons (Fsp3) is 0.147. The van der Waals surface area contributed by atoms with E-state index in [1.807, 2.05) is 103 Å². The number of rotatable bonds is 10. The molecule has 216 valence electrons. The number of anilines is 3. The number of carbonyl (C=O) groups is 1. The number of para-hydroxylation sites is 1. The van der Waals surface area contributed by atoms with E-state index in [1.54, 1.807) is 19.1 Å². The van der Waals surface area contributed by atoms with Gasteiger partial charge in [0.25, 0.3) is 0 Å². The van der Waals surface area contributed by atoms with E-state index in [0.29, 0.717) is 31.2 Å². The number of nitrogens with zero attached hydrogens (tertiary/aromatic N) is 4. The molecule has 5 aromatic rings. The molecule has 0 fully saturated rings. The highest BCUT2D eigenvalue weighted by atomic mass is 16.5. The van der Waals surface area contributed by atoms with Crippen molar-refractivity contribution >= 4 is 23.4 Å². The third kappa shape index (κ3) is 6.36. The lowest BCUT2D eigenvalue weighted by molar-refractivity contribution is 0.256. The van der Waals surface area contributed by atoms with Gasteiger partial charge in [-0.2, -0.15) is 0 Å². The van der Waals surface area contributed by atoms with Crippen LogP contribution in [0, 0.1) is 0 Å². The van der Waals surface area contributed by atoms with Crippen molar-refractivity contribution in [3.8, 4) is 23.0 Å². The van der Waals surface area contributed by atoms with E-state index in [-0.39, 0.29) is 6.03 Å². The summed E-state index contributed by atoms with van der Waals surface area (Å²) in [6.45, 7) is 1.47. The van der Waals surface area contributed by atoms with Gasteiger partial charge in [0, 0.05) is 18.8 Å². The Balaban J connectivity index is 1.29. The van der Waals surface area contributed by atoms with E-state index < -0.39 is 0 Å².